The minimum absolute atomic E-state index is 0.317. The molecule has 96 valence electrons. The second-order valence-electron chi connectivity index (χ2n) is 4.38. The van der Waals surface area contributed by atoms with Crippen LogP contribution in [0.1, 0.15) is 22.3 Å². The summed E-state index contributed by atoms with van der Waals surface area (Å²) in [6, 6.07) is 6.88. The van der Waals surface area contributed by atoms with Crippen molar-refractivity contribution in [3.63, 3.8) is 0 Å². The van der Waals surface area contributed by atoms with E-state index in [2.05, 4.69) is 30.4 Å². The van der Waals surface area contributed by atoms with Crippen molar-refractivity contribution >= 4 is 12.0 Å². The van der Waals surface area contributed by atoms with Crippen LogP contribution in [0.25, 0.3) is 6.08 Å². The number of carbonyl (C=O) groups is 1. The normalized spacial score (nSPS) is 14.9. The molecule has 0 saturated carbocycles. The third kappa shape index (κ3) is 4.11. The molecule has 2 rings (SSSR count). The lowest BCUT2D eigenvalue weighted by Gasteiger charge is -2.02. The molecule has 19 heavy (non-hydrogen) atoms. The first-order valence-corrected chi connectivity index (χ1v) is 6.27. The van der Waals surface area contributed by atoms with Crippen LogP contribution in [0.5, 0.6) is 0 Å². The molecule has 0 saturated heterocycles. The number of allylic oxidation sites excluding steroid dienone is 7. The highest BCUT2D eigenvalue weighted by Crippen LogP contribution is 2.13. The van der Waals surface area contributed by atoms with E-state index >= 15 is 0 Å². The number of carboxylic acid groups (broad SMARTS) is 1. The summed E-state index contributed by atoms with van der Waals surface area (Å²) < 4.78 is 0. The van der Waals surface area contributed by atoms with Crippen molar-refractivity contribution in [1.82, 2.24) is 0 Å². The van der Waals surface area contributed by atoms with E-state index in [1.807, 2.05) is 30.4 Å². The fourth-order valence-corrected chi connectivity index (χ4v) is 1.86. The Hall–Kier alpha value is -2.35. The maximum Gasteiger partial charge on any atom is 0.335 e. The van der Waals surface area contributed by atoms with Gasteiger partial charge in [0.25, 0.3) is 0 Å². The zero-order valence-corrected chi connectivity index (χ0v) is 10.6. The van der Waals surface area contributed by atoms with Gasteiger partial charge in [-0.3, -0.25) is 0 Å². The minimum atomic E-state index is -0.892. The summed E-state index contributed by atoms with van der Waals surface area (Å²) in [5.41, 5.74) is 1.34. The lowest BCUT2D eigenvalue weighted by Crippen LogP contribution is -1.94. The van der Waals surface area contributed by atoms with Gasteiger partial charge in [0.15, 0.2) is 0 Å². The highest BCUT2D eigenvalue weighted by atomic mass is 16.4. The summed E-state index contributed by atoms with van der Waals surface area (Å²) in [6.07, 6.45) is 17.5. The van der Waals surface area contributed by atoms with Crippen molar-refractivity contribution in [2.75, 3.05) is 0 Å². The summed E-state index contributed by atoms with van der Waals surface area (Å²) in [6.45, 7) is 0. The van der Waals surface area contributed by atoms with Gasteiger partial charge in [0.2, 0.25) is 0 Å². The molecule has 0 aliphatic heterocycles. The second-order valence-corrected chi connectivity index (χ2v) is 4.38. The molecule has 0 spiro atoms. The molecule has 0 fully saturated rings. The zero-order chi connectivity index (χ0) is 13.5. The largest absolute Gasteiger partial charge is 0.478 e. The average Bonchev–Trinajstić information content (AvgIpc) is 2.68. The first kappa shape index (κ1) is 13.1. The van der Waals surface area contributed by atoms with Gasteiger partial charge in [-0.25, -0.2) is 4.79 Å². The van der Waals surface area contributed by atoms with E-state index in [4.69, 9.17) is 5.11 Å². The van der Waals surface area contributed by atoms with E-state index in [1.165, 1.54) is 0 Å². The van der Waals surface area contributed by atoms with Crippen LogP contribution >= 0.6 is 0 Å². The zero-order valence-electron chi connectivity index (χ0n) is 10.6. The number of hydrogen-bond acceptors (Lipinski definition) is 1. The van der Waals surface area contributed by atoms with Gasteiger partial charge in [-0.2, -0.15) is 0 Å². The Morgan fingerprint density at radius 2 is 1.68 bits per heavy atom. The lowest BCUT2D eigenvalue weighted by molar-refractivity contribution is 0.0697. The lowest BCUT2D eigenvalue weighted by atomic mass is 10.0. The van der Waals surface area contributed by atoms with Crippen LogP contribution in [-0.4, -0.2) is 11.1 Å². The summed E-state index contributed by atoms with van der Waals surface area (Å²) in [7, 11) is 0. The van der Waals surface area contributed by atoms with E-state index < -0.39 is 5.97 Å². The van der Waals surface area contributed by atoms with Crippen molar-refractivity contribution in [2.45, 2.75) is 6.42 Å². The van der Waals surface area contributed by atoms with E-state index in [0.29, 0.717) is 11.5 Å². The topological polar surface area (TPSA) is 37.3 Å². The van der Waals surface area contributed by atoms with Crippen LogP contribution in [0.2, 0.25) is 0 Å². The monoisotopic (exact) mass is 252 g/mol. The summed E-state index contributed by atoms with van der Waals surface area (Å²) in [4.78, 5) is 10.7. The standard InChI is InChI=1S/C17H16O2/c18-17(19)16-12-10-15(11-13-16)9-5-8-14-6-3-1-2-4-7-14/h1-7,9-14H,8H2,(H,18,19). The molecule has 1 N–H and O–H groups in total. The molecule has 1 aliphatic carbocycles. The molecule has 0 amide bonds. The van der Waals surface area contributed by atoms with E-state index in [1.54, 1.807) is 12.1 Å². The maximum atomic E-state index is 10.7. The van der Waals surface area contributed by atoms with Crippen molar-refractivity contribution in [3.8, 4) is 0 Å². The van der Waals surface area contributed by atoms with Gasteiger partial charge in [-0.05, 0) is 30.0 Å². The van der Waals surface area contributed by atoms with Gasteiger partial charge >= 0.3 is 5.97 Å². The molecule has 0 radical (unpaired) electrons. The highest BCUT2D eigenvalue weighted by Gasteiger charge is 2.00. The fraction of sp³-hybridized carbons (Fsp3) is 0.118. The van der Waals surface area contributed by atoms with Crippen molar-refractivity contribution < 1.29 is 9.90 Å². The molecule has 0 atom stereocenters. The summed E-state index contributed by atoms with van der Waals surface area (Å²) >= 11 is 0. The molecule has 1 aliphatic rings. The Balaban J connectivity index is 1.93. The molecule has 0 unspecified atom stereocenters. The van der Waals surface area contributed by atoms with Gasteiger partial charge < -0.3 is 5.11 Å². The van der Waals surface area contributed by atoms with Gasteiger partial charge in [0, 0.05) is 0 Å². The molecule has 1 aromatic carbocycles. The molecule has 2 heteroatoms. The van der Waals surface area contributed by atoms with Crippen LogP contribution in [-0.2, 0) is 0 Å². The quantitative estimate of drug-likeness (QED) is 0.876. The molecule has 0 bridgehead atoms. The Bertz CT molecular complexity index is 529. The predicted molar refractivity (Wildman–Crippen MR) is 78.0 cm³/mol. The molecule has 1 aromatic rings. The van der Waals surface area contributed by atoms with Gasteiger partial charge in [0.05, 0.1) is 5.56 Å². The van der Waals surface area contributed by atoms with E-state index in [0.717, 1.165) is 12.0 Å². The van der Waals surface area contributed by atoms with Crippen molar-refractivity contribution in [3.05, 3.63) is 77.9 Å². The van der Waals surface area contributed by atoms with E-state index in [-0.39, 0.29) is 0 Å². The number of aromatic carboxylic acids is 1. The number of benzene rings is 1. The third-order valence-corrected chi connectivity index (χ3v) is 2.93. The molecule has 0 heterocycles. The SMILES string of the molecule is O=C(O)c1ccc(C=CCC2C=CC=CC=C2)cc1. The van der Waals surface area contributed by atoms with Gasteiger partial charge in [-0.1, -0.05) is 60.7 Å². The van der Waals surface area contributed by atoms with Crippen LogP contribution in [0.4, 0.5) is 0 Å². The maximum absolute atomic E-state index is 10.7. The number of hydrogen-bond donors (Lipinski definition) is 1. The first-order chi connectivity index (χ1) is 9.25. The Morgan fingerprint density at radius 1 is 1.05 bits per heavy atom. The number of carboxylic acids is 1. The minimum Gasteiger partial charge on any atom is -0.478 e. The fourth-order valence-electron chi connectivity index (χ4n) is 1.86. The van der Waals surface area contributed by atoms with Crippen LogP contribution < -0.4 is 0 Å². The van der Waals surface area contributed by atoms with Crippen LogP contribution in [0.15, 0.2) is 66.8 Å². The predicted octanol–water partition coefficient (Wildman–Crippen LogP) is 4.09. The Morgan fingerprint density at radius 3 is 2.26 bits per heavy atom. The van der Waals surface area contributed by atoms with Gasteiger partial charge in [-0.15, -0.1) is 0 Å². The van der Waals surface area contributed by atoms with Crippen molar-refractivity contribution in [1.29, 1.82) is 0 Å². The molecule has 0 aromatic heterocycles. The Kier molecular flexibility index (Phi) is 4.51. The molecular formula is C17H16O2. The number of rotatable bonds is 4. The van der Waals surface area contributed by atoms with Crippen molar-refractivity contribution in [2.24, 2.45) is 5.92 Å². The third-order valence-electron chi connectivity index (χ3n) is 2.93. The van der Waals surface area contributed by atoms with Crippen LogP contribution in [0, 0.1) is 5.92 Å². The summed E-state index contributed by atoms with van der Waals surface area (Å²) in [5, 5.41) is 8.81. The molecular weight excluding hydrogens is 236 g/mol. The second kappa shape index (κ2) is 6.55. The first-order valence-electron chi connectivity index (χ1n) is 6.27. The van der Waals surface area contributed by atoms with Gasteiger partial charge in [0.1, 0.15) is 0 Å². The van der Waals surface area contributed by atoms with Crippen LogP contribution in [0.3, 0.4) is 0 Å². The summed E-state index contributed by atoms with van der Waals surface area (Å²) in [5.74, 6) is -0.471. The highest BCUT2D eigenvalue weighted by molar-refractivity contribution is 5.87. The Labute approximate surface area is 113 Å². The molecule has 2 nitrogen and oxygen atoms in total. The average molecular weight is 252 g/mol. The smallest absolute Gasteiger partial charge is 0.335 e. The van der Waals surface area contributed by atoms with E-state index in [9.17, 15) is 4.79 Å².